The summed E-state index contributed by atoms with van der Waals surface area (Å²) in [5.41, 5.74) is -0.332. The highest BCUT2D eigenvalue weighted by atomic mass is 16.5. The monoisotopic (exact) mass is 373 g/mol. The van der Waals surface area contributed by atoms with Gasteiger partial charge in [0, 0.05) is 5.69 Å². The number of rotatable bonds is 5. The summed E-state index contributed by atoms with van der Waals surface area (Å²) in [6.45, 7) is 0.948. The molecular formula is C19H23N3O5. The molecule has 0 unspecified atom stereocenters. The van der Waals surface area contributed by atoms with Crippen LogP contribution in [-0.4, -0.2) is 47.4 Å². The topological polar surface area (TPSA) is 105 Å². The summed E-state index contributed by atoms with van der Waals surface area (Å²) in [7, 11) is 0. The number of para-hydroxylation sites is 1. The number of benzene rings is 1. The molecule has 0 bridgehead atoms. The Hall–Kier alpha value is -2.90. The highest BCUT2D eigenvalue weighted by Crippen LogP contribution is 2.38. The smallest absolute Gasteiger partial charge is 0.326 e. The van der Waals surface area contributed by atoms with Crippen LogP contribution in [0.15, 0.2) is 30.3 Å². The van der Waals surface area contributed by atoms with E-state index < -0.39 is 36.6 Å². The van der Waals surface area contributed by atoms with E-state index in [9.17, 15) is 19.2 Å². The van der Waals surface area contributed by atoms with Crippen LogP contribution in [0.5, 0.6) is 0 Å². The van der Waals surface area contributed by atoms with Crippen molar-refractivity contribution in [3.8, 4) is 0 Å². The molecule has 1 spiro atoms. The van der Waals surface area contributed by atoms with E-state index in [-0.39, 0.29) is 11.8 Å². The molecule has 8 heteroatoms. The van der Waals surface area contributed by atoms with Gasteiger partial charge < -0.3 is 15.4 Å². The summed E-state index contributed by atoms with van der Waals surface area (Å²) < 4.78 is 4.91. The van der Waals surface area contributed by atoms with Crippen molar-refractivity contribution in [3.63, 3.8) is 0 Å². The van der Waals surface area contributed by atoms with Crippen molar-refractivity contribution in [2.24, 2.45) is 5.92 Å². The van der Waals surface area contributed by atoms with Crippen molar-refractivity contribution in [2.45, 2.75) is 38.1 Å². The second-order valence-electron chi connectivity index (χ2n) is 7.01. The van der Waals surface area contributed by atoms with Crippen LogP contribution < -0.4 is 10.6 Å². The van der Waals surface area contributed by atoms with Gasteiger partial charge in [-0.1, -0.05) is 38.0 Å². The minimum atomic E-state index is -0.916. The van der Waals surface area contributed by atoms with Crippen molar-refractivity contribution in [3.05, 3.63) is 30.3 Å². The third-order valence-electron chi connectivity index (χ3n) is 5.21. The number of hydrogen-bond acceptors (Lipinski definition) is 5. The fourth-order valence-electron chi connectivity index (χ4n) is 3.68. The van der Waals surface area contributed by atoms with Crippen LogP contribution >= 0.6 is 0 Å². The largest absolute Gasteiger partial charge is 0.454 e. The summed E-state index contributed by atoms with van der Waals surface area (Å²) in [5, 5.41) is 5.36. The first-order valence-electron chi connectivity index (χ1n) is 9.07. The van der Waals surface area contributed by atoms with Crippen molar-refractivity contribution in [1.82, 2.24) is 10.2 Å². The molecule has 2 N–H and O–H groups in total. The summed E-state index contributed by atoms with van der Waals surface area (Å²) in [6, 6.07) is 8.17. The number of amides is 4. The highest BCUT2D eigenvalue weighted by molar-refractivity contribution is 6.09. The van der Waals surface area contributed by atoms with Gasteiger partial charge in [-0.25, -0.2) is 4.79 Å². The molecule has 4 amide bonds. The van der Waals surface area contributed by atoms with Gasteiger partial charge in [-0.05, 0) is 30.9 Å². The Balaban J connectivity index is 1.52. The Morgan fingerprint density at radius 2 is 2.00 bits per heavy atom. The molecule has 1 aromatic carbocycles. The second kappa shape index (κ2) is 7.77. The van der Waals surface area contributed by atoms with E-state index in [4.69, 9.17) is 4.74 Å². The molecule has 1 aliphatic carbocycles. The van der Waals surface area contributed by atoms with E-state index in [2.05, 4.69) is 10.6 Å². The first kappa shape index (κ1) is 18.9. The molecule has 27 heavy (non-hydrogen) atoms. The molecule has 0 radical (unpaired) electrons. The summed E-state index contributed by atoms with van der Waals surface area (Å²) in [4.78, 5) is 49.7. The van der Waals surface area contributed by atoms with Crippen molar-refractivity contribution >= 4 is 29.5 Å². The zero-order valence-corrected chi connectivity index (χ0v) is 15.2. The molecule has 1 heterocycles. The van der Waals surface area contributed by atoms with Crippen molar-refractivity contribution in [2.75, 3.05) is 18.5 Å². The maximum Gasteiger partial charge on any atom is 0.326 e. The zero-order valence-electron chi connectivity index (χ0n) is 15.2. The Labute approximate surface area is 157 Å². The minimum absolute atomic E-state index is 0.0142. The van der Waals surface area contributed by atoms with Crippen molar-refractivity contribution in [1.29, 1.82) is 0 Å². The van der Waals surface area contributed by atoms with Crippen LogP contribution in [0.2, 0.25) is 0 Å². The van der Waals surface area contributed by atoms with Gasteiger partial charge in [0.1, 0.15) is 12.1 Å². The van der Waals surface area contributed by atoms with Crippen LogP contribution in [0.3, 0.4) is 0 Å². The Morgan fingerprint density at radius 1 is 1.26 bits per heavy atom. The number of nitrogens with zero attached hydrogens (tertiary/aromatic N) is 1. The number of anilines is 1. The number of imide groups is 1. The molecule has 1 aromatic rings. The lowest BCUT2D eigenvalue weighted by Crippen LogP contribution is -2.54. The average molecular weight is 373 g/mol. The number of hydrogen-bond donors (Lipinski definition) is 2. The van der Waals surface area contributed by atoms with Crippen LogP contribution in [0, 0.1) is 5.92 Å². The van der Waals surface area contributed by atoms with E-state index in [1.807, 2.05) is 13.0 Å². The third-order valence-corrected chi connectivity index (χ3v) is 5.21. The molecule has 2 aliphatic rings. The van der Waals surface area contributed by atoms with E-state index in [1.165, 1.54) is 0 Å². The van der Waals surface area contributed by atoms with Gasteiger partial charge in [0.15, 0.2) is 6.61 Å². The standard InChI is InChI=1S/C19H23N3O5/c1-13-7-5-6-10-19(13)17(25)22(18(26)21-19)11-16(24)27-12-15(23)20-14-8-3-2-4-9-14/h2-4,8-9,13H,5-7,10-12H2,1H3,(H,20,23)(H,21,26)/t13-,19-/m1/s1. The quantitative estimate of drug-likeness (QED) is 0.603. The Bertz CT molecular complexity index is 751. The highest BCUT2D eigenvalue weighted by Gasteiger charge is 2.55. The number of esters is 1. The van der Waals surface area contributed by atoms with Gasteiger partial charge in [-0.2, -0.15) is 0 Å². The summed E-state index contributed by atoms with van der Waals surface area (Å²) in [6.07, 6.45) is 3.30. The molecule has 0 aromatic heterocycles. The fourth-order valence-corrected chi connectivity index (χ4v) is 3.68. The second-order valence-corrected chi connectivity index (χ2v) is 7.01. The number of urea groups is 1. The van der Waals surface area contributed by atoms with Crippen LogP contribution in [0.25, 0.3) is 0 Å². The van der Waals surface area contributed by atoms with Crippen LogP contribution in [-0.2, 0) is 19.1 Å². The molecule has 1 saturated carbocycles. The van der Waals surface area contributed by atoms with E-state index >= 15 is 0 Å². The maximum absolute atomic E-state index is 12.8. The molecule has 1 aliphatic heterocycles. The van der Waals surface area contributed by atoms with Crippen LogP contribution in [0.1, 0.15) is 32.6 Å². The summed E-state index contributed by atoms with van der Waals surface area (Å²) in [5.74, 6) is -1.67. The predicted octanol–water partition coefficient (Wildman–Crippen LogP) is 1.67. The Kier molecular flexibility index (Phi) is 5.43. The average Bonchev–Trinajstić information content (AvgIpc) is 2.88. The molecular weight excluding hydrogens is 350 g/mol. The molecule has 2 atom stereocenters. The van der Waals surface area contributed by atoms with Gasteiger partial charge in [0.05, 0.1) is 0 Å². The molecule has 2 fully saturated rings. The first-order chi connectivity index (χ1) is 12.9. The predicted molar refractivity (Wildman–Crippen MR) is 96.6 cm³/mol. The lowest BCUT2D eigenvalue weighted by molar-refractivity contribution is -0.150. The van der Waals surface area contributed by atoms with Crippen molar-refractivity contribution < 1.29 is 23.9 Å². The molecule has 144 valence electrons. The fraction of sp³-hybridized carbons (Fsp3) is 0.474. The van der Waals surface area contributed by atoms with E-state index in [1.54, 1.807) is 24.3 Å². The summed E-state index contributed by atoms with van der Waals surface area (Å²) >= 11 is 0. The number of ether oxygens (including phenoxy) is 1. The Morgan fingerprint density at radius 3 is 2.70 bits per heavy atom. The van der Waals surface area contributed by atoms with Gasteiger partial charge in [0.25, 0.3) is 11.8 Å². The molecule has 8 nitrogen and oxygen atoms in total. The van der Waals surface area contributed by atoms with Gasteiger partial charge in [0.2, 0.25) is 0 Å². The number of carbonyl (C=O) groups excluding carboxylic acids is 4. The van der Waals surface area contributed by atoms with Gasteiger partial charge in [-0.3, -0.25) is 19.3 Å². The zero-order chi connectivity index (χ0) is 19.4. The lowest BCUT2D eigenvalue weighted by Gasteiger charge is -2.36. The number of nitrogens with one attached hydrogen (secondary N) is 2. The maximum atomic E-state index is 12.8. The third kappa shape index (κ3) is 3.94. The lowest BCUT2D eigenvalue weighted by atomic mass is 9.73. The van der Waals surface area contributed by atoms with Crippen LogP contribution in [0.4, 0.5) is 10.5 Å². The van der Waals surface area contributed by atoms with Gasteiger partial charge >= 0.3 is 12.0 Å². The van der Waals surface area contributed by atoms with Gasteiger partial charge in [-0.15, -0.1) is 0 Å². The number of carbonyl (C=O) groups is 4. The van der Waals surface area contributed by atoms with E-state index in [0.717, 1.165) is 24.2 Å². The molecule has 3 rings (SSSR count). The normalized spacial score (nSPS) is 24.6. The molecule has 1 saturated heterocycles. The van der Waals surface area contributed by atoms with E-state index in [0.29, 0.717) is 12.1 Å². The first-order valence-corrected chi connectivity index (χ1v) is 9.07. The SMILES string of the molecule is C[C@@H]1CCCC[C@@]12NC(=O)N(CC(=O)OCC(=O)Nc1ccccc1)C2=O. The minimum Gasteiger partial charge on any atom is -0.454 e.